The summed E-state index contributed by atoms with van der Waals surface area (Å²) in [7, 11) is 0. The number of carbonyl (C=O) groups is 1. The van der Waals surface area contributed by atoms with Gasteiger partial charge < -0.3 is 5.32 Å². The summed E-state index contributed by atoms with van der Waals surface area (Å²) in [5.41, 5.74) is 2.16. The number of nitrogens with zero attached hydrogens (tertiary/aromatic N) is 4. The van der Waals surface area contributed by atoms with Crippen molar-refractivity contribution >= 4 is 34.4 Å². The maximum atomic E-state index is 13.1. The lowest BCUT2D eigenvalue weighted by molar-refractivity contribution is -0.113. The highest BCUT2D eigenvalue weighted by Gasteiger charge is 2.22. The molecule has 35 heavy (non-hydrogen) atoms. The molecule has 0 bridgehead atoms. The van der Waals surface area contributed by atoms with Crippen LogP contribution in [0.5, 0.6) is 0 Å². The van der Waals surface area contributed by atoms with Crippen LogP contribution < -0.4 is 10.9 Å². The van der Waals surface area contributed by atoms with E-state index in [0.717, 1.165) is 24.2 Å². The highest BCUT2D eigenvalue weighted by atomic mass is 32.2. The van der Waals surface area contributed by atoms with E-state index in [-0.39, 0.29) is 22.6 Å². The fourth-order valence-electron chi connectivity index (χ4n) is 3.68. The van der Waals surface area contributed by atoms with Gasteiger partial charge >= 0.3 is 0 Å². The van der Waals surface area contributed by atoms with Crippen LogP contribution in [0.25, 0.3) is 16.6 Å². The summed E-state index contributed by atoms with van der Waals surface area (Å²) in [4.78, 5) is 30.8. The number of nitrogens with one attached hydrogen (secondary N) is 1. The molecule has 1 amide bonds. The lowest BCUT2D eigenvalue weighted by Gasteiger charge is -2.14. The van der Waals surface area contributed by atoms with Gasteiger partial charge in [-0.25, -0.2) is 9.67 Å². The Labute approximate surface area is 209 Å². The zero-order valence-corrected chi connectivity index (χ0v) is 21.4. The SMILES string of the molecule is CCCCn1c(SCC(=O)Nc2cc(C(C)(C)C)nn2-c2ccccc2)nc2ccccc2c1=O. The third-order valence-electron chi connectivity index (χ3n) is 5.64. The fraction of sp³-hybridized carbons (Fsp3) is 0.333. The average Bonchev–Trinajstić information content (AvgIpc) is 3.27. The van der Waals surface area contributed by atoms with Gasteiger partial charge in [0, 0.05) is 18.0 Å². The molecule has 2 aromatic carbocycles. The fourth-order valence-corrected chi connectivity index (χ4v) is 4.51. The molecule has 0 saturated carbocycles. The quantitative estimate of drug-likeness (QED) is 0.264. The number of thioether (sulfide) groups is 1. The van der Waals surface area contributed by atoms with E-state index < -0.39 is 0 Å². The van der Waals surface area contributed by atoms with E-state index >= 15 is 0 Å². The van der Waals surface area contributed by atoms with Crippen LogP contribution in [0, 0.1) is 0 Å². The van der Waals surface area contributed by atoms with Crippen molar-refractivity contribution < 1.29 is 4.79 Å². The van der Waals surface area contributed by atoms with Crippen LogP contribution >= 0.6 is 11.8 Å². The molecule has 0 saturated heterocycles. The molecular weight excluding hydrogens is 458 g/mol. The molecule has 182 valence electrons. The molecular formula is C27H31N5O2S. The van der Waals surface area contributed by atoms with Crippen LogP contribution in [0.2, 0.25) is 0 Å². The molecule has 4 aromatic rings. The van der Waals surface area contributed by atoms with Gasteiger partial charge in [-0.15, -0.1) is 0 Å². The Balaban J connectivity index is 1.58. The minimum absolute atomic E-state index is 0.0658. The second-order valence-electron chi connectivity index (χ2n) is 9.47. The number of carbonyl (C=O) groups excluding carboxylic acids is 1. The van der Waals surface area contributed by atoms with E-state index in [0.29, 0.717) is 28.4 Å². The molecule has 0 aliphatic rings. The summed E-state index contributed by atoms with van der Waals surface area (Å²) in [6.07, 6.45) is 1.83. The molecule has 2 aromatic heterocycles. The summed E-state index contributed by atoms with van der Waals surface area (Å²) in [5.74, 6) is 0.556. The lowest BCUT2D eigenvalue weighted by atomic mass is 9.92. The summed E-state index contributed by atoms with van der Waals surface area (Å²) < 4.78 is 3.45. The van der Waals surface area contributed by atoms with Gasteiger partial charge in [-0.3, -0.25) is 14.2 Å². The van der Waals surface area contributed by atoms with Crippen molar-refractivity contribution in [3.05, 3.63) is 76.7 Å². The van der Waals surface area contributed by atoms with Crippen molar-refractivity contribution in [2.75, 3.05) is 11.1 Å². The molecule has 8 heteroatoms. The van der Waals surface area contributed by atoms with Crippen LogP contribution in [0.3, 0.4) is 0 Å². The number of fused-ring (bicyclic) bond motifs is 1. The summed E-state index contributed by atoms with van der Waals surface area (Å²) in [6.45, 7) is 8.93. The second kappa shape index (κ2) is 10.5. The number of benzene rings is 2. The van der Waals surface area contributed by atoms with E-state index in [1.54, 1.807) is 15.3 Å². The van der Waals surface area contributed by atoms with Gasteiger partial charge in [-0.2, -0.15) is 5.10 Å². The number of unbranched alkanes of at least 4 members (excludes halogenated alkanes) is 1. The van der Waals surface area contributed by atoms with Crippen molar-refractivity contribution in [3.8, 4) is 5.69 Å². The maximum absolute atomic E-state index is 13.1. The number of aromatic nitrogens is 4. The molecule has 1 N–H and O–H groups in total. The van der Waals surface area contributed by atoms with Gasteiger partial charge in [-0.1, -0.05) is 76.2 Å². The minimum atomic E-state index is -0.183. The average molecular weight is 490 g/mol. The van der Waals surface area contributed by atoms with Crippen molar-refractivity contribution in [1.82, 2.24) is 19.3 Å². The van der Waals surface area contributed by atoms with Crippen molar-refractivity contribution in [2.24, 2.45) is 0 Å². The van der Waals surface area contributed by atoms with Gasteiger partial charge in [0.25, 0.3) is 5.56 Å². The Morgan fingerprint density at radius 2 is 1.77 bits per heavy atom. The Hall–Kier alpha value is -3.39. The minimum Gasteiger partial charge on any atom is -0.310 e. The monoisotopic (exact) mass is 489 g/mol. The van der Waals surface area contributed by atoms with Gasteiger partial charge in [0.2, 0.25) is 5.91 Å². The first-order valence-electron chi connectivity index (χ1n) is 11.9. The molecule has 0 spiro atoms. The zero-order chi connectivity index (χ0) is 25.0. The largest absolute Gasteiger partial charge is 0.310 e. The molecule has 0 aliphatic heterocycles. The molecule has 0 fully saturated rings. The zero-order valence-electron chi connectivity index (χ0n) is 20.6. The first-order valence-corrected chi connectivity index (χ1v) is 12.8. The van der Waals surface area contributed by atoms with Crippen molar-refractivity contribution in [2.45, 2.75) is 57.7 Å². The second-order valence-corrected chi connectivity index (χ2v) is 10.4. The van der Waals surface area contributed by atoms with E-state index in [9.17, 15) is 9.59 Å². The van der Waals surface area contributed by atoms with Crippen LogP contribution in [-0.4, -0.2) is 31.0 Å². The van der Waals surface area contributed by atoms with E-state index in [4.69, 9.17) is 10.1 Å². The predicted octanol–water partition coefficient (Wildman–Crippen LogP) is 5.41. The molecule has 0 atom stereocenters. The van der Waals surface area contributed by atoms with Crippen LogP contribution in [0.15, 0.2) is 70.6 Å². The third-order valence-corrected chi connectivity index (χ3v) is 6.62. The van der Waals surface area contributed by atoms with Gasteiger partial charge in [0.1, 0.15) is 5.82 Å². The topological polar surface area (TPSA) is 81.8 Å². The van der Waals surface area contributed by atoms with E-state index in [2.05, 4.69) is 33.0 Å². The third kappa shape index (κ3) is 5.65. The van der Waals surface area contributed by atoms with Crippen molar-refractivity contribution in [1.29, 1.82) is 0 Å². The molecule has 7 nitrogen and oxygen atoms in total. The lowest BCUT2D eigenvalue weighted by Crippen LogP contribution is -2.24. The number of hydrogen-bond donors (Lipinski definition) is 1. The number of para-hydroxylation sites is 2. The predicted molar refractivity (Wildman–Crippen MR) is 143 cm³/mol. The molecule has 2 heterocycles. The molecule has 4 rings (SSSR count). The number of hydrogen-bond acceptors (Lipinski definition) is 5. The normalized spacial score (nSPS) is 11.7. The summed E-state index contributed by atoms with van der Waals surface area (Å²) in [5, 5.41) is 8.92. The Bertz CT molecular complexity index is 1390. The van der Waals surface area contributed by atoms with Gasteiger partial charge in [0.05, 0.1) is 28.0 Å². The van der Waals surface area contributed by atoms with E-state index in [1.165, 1.54) is 11.8 Å². The van der Waals surface area contributed by atoms with Gasteiger partial charge in [0.15, 0.2) is 5.16 Å². The number of anilines is 1. The number of rotatable bonds is 8. The summed E-state index contributed by atoms with van der Waals surface area (Å²) >= 11 is 1.28. The van der Waals surface area contributed by atoms with Crippen molar-refractivity contribution in [3.63, 3.8) is 0 Å². The van der Waals surface area contributed by atoms with Crippen LogP contribution in [0.1, 0.15) is 46.2 Å². The standard InChI is InChI=1S/C27H31N5O2S/c1-5-6-16-31-25(34)20-14-10-11-15-21(20)28-26(31)35-18-24(33)29-23-17-22(27(2,3)4)30-32(23)19-12-8-7-9-13-19/h7-15,17H,5-6,16,18H2,1-4H3,(H,29,33). The highest BCUT2D eigenvalue weighted by Crippen LogP contribution is 2.27. The Morgan fingerprint density at radius 1 is 1.06 bits per heavy atom. The number of amides is 1. The van der Waals surface area contributed by atoms with E-state index in [1.807, 2.05) is 54.6 Å². The first-order chi connectivity index (χ1) is 16.8. The molecule has 0 unspecified atom stereocenters. The highest BCUT2D eigenvalue weighted by molar-refractivity contribution is 7.99. The van der Waals surface area contributed by atoms with Crippen LogP contribution in [-0.2, 0) is 16.8 Å². The molecule has 0 aliphatic carbocycles. The molecule has 0 radical (unpaired) electrons. The Kier molecular flexibility index (Phi) is 7.40. The van der Waals surface area contributed by atoms with Crippen LogP contribution in [0.4, 0.5) is 5.82 Å². The maximum Gasteiger partial charge on any atom is 0.262 e. The smallest absolute Gasteiger partial charge is 0.262 e. The summed E-state index contributed by atoms with van der Waals surface area (Å²) in [6, 6.07) is 19.0. The van der Waals surface area contributed by atoms with Gasteiger partial charge in [-0.05, 0) is 30.7 Å². The Morgan fingerprint density at radius 3 is 2.49 bits per heavy atom. The first kappa shape index (κ1) is 24.7.